The average molecular weight is 254 g/mol. The summed E-state index contributed by atoms with van der Waals surface area (Å²) in [4.78, 5) is 4.59. The average Bonchev–Trinajstić information content (AvgIpc) is 2.85. The molecule has 0 spiro atoms. The van der Waals surface area contributed by atoms with Gasteiger partial charge in [0.05, 0.1) is 25.1 Å². The van der Waals surface area contributed by atoms with Crippen LogP contribution in [-0.2, 0) is 6.61 Å². The van der Waals surface area contributed by atoms with Crippen LogP contribution in [0.15, 0.2) is 48.7 Å². The minimum Gasteiger partial charge on any atom is -0.496 e. The fourth-order valence-corrected chi connectivity index (χ4v) is 2.25. The fraction of sp³-hybridized carbons (Fsp3) is 0.133. The zero-order valence-corrected chi connectivity index (χ0v) is 10.6. The summed E-state index contributed by atoms with van der Waals surface area (Å²) in [5, 5.41) is 9.63. The third kappa shape index (κ3) is 1.86. The van der Waals surface area contributed by atoms with Crippen LogP contribution in [0.5, 0.6) is 5.75 Å². The molecule has 0 saturated heterocycles. The molecule has 2 aromatic heterocycles. The molecule has 0 aliphatic heterocycles. The number of aliphatic hydroxyl groups is 1. The lowest BCUT2D eigenvalue weighted by molar-refractivity contribution is 0.276. The van der Waals surface area contributed by atoms with Crippen LogP contribution in [-0.4, -0.2) is 21.6 Å². The number of aromatic nitrogens is 2. The molecule has 1 aromatic carbocycles. The molecule has 1 N–H and O–H groups in total. The van der Waals surface area contributed by atoms with E-state index in [-0.39, 0.29) is 6.61 Å². The van der Waals surface area contributed by atoms with Crippen LogP contribution in [0.4, 0.5) is 0 Å². The molecule has 0 unspecified atom stereocenters. The maximum absolute atomic E-state index is 9.63. The van der Waals surface area contributed by atoms with Gasteiger partial charge in [-0.25, -0.2) is 4.98 Å². The van der Waals surface area contributed by atoms with E-state index < -0.39 is 0 Å². The second-order valence-electron chi connectivity index (χ2n) is 4.19. The van der Waals surface area contributed by atoms with Gasteiger partial charge in [0.1, 0.15) is 11.4 Å². The Morgan fingerprint density at radius 3 is 2.74 bits per heavy atom. The van der Waals surface area contributed by atoms with Crippen molar-refractivity contribution in [3.05, 3.63) is 54.4 Å². The number of methoxy groups -OCH3 is 1. The summed E-state index contributed by atoms with van der Waals surface area (Å²) in [5.74, 6) is 0.751. The molecule has 0 fully saturated rings. The Labute approximate surface area is 110 Å². The third-order valence-corrected chi connectivity index (χ3v) is 3.14. The van der Waals surface area contributed by atoms with Gasteiger partial charge in [-0.2, -0.15) is 0 Å². The van der Waals surface area contributed by atoms with Gasteiger partial charge in [0, 0.05) is 11.8 Å². The molecule has 4 nitrogen and oxygen atoms in total. The minimum atomic E-state index is -0.0709. The summed E-state index contributed by atoms with van der Waals surface area (Å²) in [6, 6.07) is 13.4. The first kappa shape index (κ1) is 11.7. The van der Waals surface area contributed by atoms with Crippen LogP contribution >= 0.6 is 0 Å². The van der Waals surface area contributed by atoms with E-state index in [2.05, 4.69) is 4.98 Å². The third-order valence-electron chi connectivity index (χ3n) is 3.14. The molecule has 4 heteroatoms. The normalized spacial score (nSPS) is 10.8. The highest BCUT2D eigenvalue weighted by Gasteiger charge is 2.15. The van der Waals surface area contributed by atoms with E-state index >= 15 is 0 Å². The predicted molar refractivity (Wildman–Crippen MR) is 73.1 cm³/mol. The lowest BCUT2D eigenvalue weighted by atomic mass is 10.1. The van der Waals surface area contributed by atoms with Gasteiger partial charge in [0.25, 0.3) is 0 Å². The molecule has 2 heterocycles. The second-order valence-corrected chi connectivity index (χ2v) is 4.19. The van der Waals surface area contributed by atoms with Crippen LogP contribution in [0.25, 0.3) is 16.9 Å². The molecule has 0 amide bonds. The van der Waals surface area contributed by atoms with Gasteiger partial charge in [-0.05, 0) is 24.3 Å². The van der Waals surface area contributed by atoms with Crippen LogP contribution < -0.4 is 4.74 Å². The summed E-state index contributed by atoms with van der Waals surface area (Å²) >= 11 is 0. The van der Waals surface area contributed by atoms with E-state index in [1.54, 1.807) is 7.11 Å². The predicted octanol–water partition coefficient (Wildman–Crippen LogP) is 2.50. The number of nitrogens with zero attached hydrogens (tertiary/aromatic N) is 2. The number of benzene rings is 1. The van der Waals surface area contributed by atoms with Gasteiger partial charge in [0.2, 0.25) is 0 Å². The molecule has 19 heavy (non-hydrogen) atoms. The molecule has 0 radical (unpaired) electrons. The highest BCUT2D eigenvalue weighted by Crippen LogP contribution is 2.31. The first-order valence-electron chi connectivity index (χ1n) is 6.05. The van der Waals surface area contributed by atoms with Gasteiger partial charge < -0.3 is 14.2 Å². The second kappa shape index (κ2) is 4.74. The van der Waals surface area contributed by atoms with Crippen molar-refractivity contribution in [3.8, 4) is 17.0 Å². The summed E-state index contributed by atoms with van der Waals surface area (Å²) < 4.78 is 7.25. The lowest BCUT2D eigenvalue weighted by Gasteiger charge is -2.07. The number of hydrogen-bond acceptors (Lipinski definition) is 3. The maximum Gasteiger partial charge on any atom is 0.137 e. The van der Waals surface area contributed by atoms with Gasteiger partial charge in [-0.15, -0.1) is 0 Å². The Morgan fingerprint density at radius 1 is 1.16 bits per heavy atom. The van der Waals surface area contributed by atoms with E-state index in [1.807, 2.05) is 53.1 Å². The van der Waals surface area contributed by atoms with Gasteiger partial charge in [-0.3, -0.25) is 0 Å². The topological polar surface area (TPSA) is 46.8 Å². The number of rotatable bonds is 3. The molecule has 96 valence electrons. The number of para-hydroxylation sites is 1. The quantitative estimate of drug-likeness (QED) is 0.781. The number of fused-ring (bicyclic) bond motifs is 1. The number of ether oxygens (including phenoxy) is 1. The van der Waals surface area contributed by atoms with Crippen molar-refractivity contribution in [2.24, 2.45) is 0 Å². The number of hydrogen-bond donors (Lipinski definition) is 1. The molecule has 0 aliphatic rings. The molecule has 3 aromatic rings. The fourth-order valence-electron chi connectivity index (χ4n) is 2.25. The molecule has 0 saturated carbocycles. The van der Waals surface area contributed by atoms with Gasteiger partial charge >= 0.3 is 0 Å². The SMILES string of the molecule is COc1ccccc1-c1nc2ccccn2c1CO. The Balaban J connectivity index is 2.30. The zero-order valence-electron chi connectivity index (χ0n) is 10.6. The number of pyridine rings is 1. The van der Waals surface area contributed by atoms with Gasteiger partial charge in [0.15, 0.2) is 0 Å². The van der Waals surface area contributed by atoms with Gasteiger partial charge in [-0.1, -0.05) is 18.2 Å². The van der Waals surface area contributed by atoms with Crippen molar-refractivity contribution >= 4 is 5.65 Å². The number of aliphatic hydroxyl groups excluding tert-OH is 1. The van der Waals surface area contributed by atoms with E-state index in [4.69, 9.17) is 4.74 Å². The Kier molecular flexibility index (Phi) is 2.93. The van der Waals surface area contributed by atoms with Crippen molar-refractivity contribution in [1.29, 1.82) is 0 Å². The van der Waals surface area contributed by atoms with E-state index in [1.165, 1.54) is 0 Å². The summed E-state index contributed by atoms with van der Waals surface area (Å²) in [5.41, 5.74) is 3.22. The molecular formula is C15H14N2O2. The van der Waals surface area contributed by atoms with Crippen LogP contribution in [0.3, 0.4) is 0 Å². The summed E-state index contributed by atoms with van der Waals surface area (Å²) in [7, 11) is 1.63. The summed E-state index contributed by atoms with van der Waals surface area (Å²) in [6.07, 6.45) is 1.90. The highest BCUT2D eigenvalue weighted by molar-refractivity contribution is 5.72. The number of imidazole rings is 1. The summed E-state index contributed by atoms with van der Waals surface area (Å²) in [6.45, 7) is -0.0709. The van der Waals surface area contributed by atoms with Crippen molar-refractivity contribution in [2.75, 3.05) is 7.11 Å². The monoisotopic (exact) mass is 254 g/mol. The van der Waals surface area contributed by atoms with Crippen molar-refractivity contribution in [2.45, 2.75) is 6.61 Å². The Hall–Kier alpha value is -2.33. The smallest absolute Gasteiger partial charge is 0.137 e. The molecule has 0 aliphatic carbocycles. The highest BCUT2D eigenvalue weighted by atomic mass is 16.5. The van der Waals surface area contributed by atoms with E-state index in [9.17, 15) is 5.11 Å². The first-order chi connectivity index (χ1) is 9.35. The molecule has 0 bridgehead atoms. The van der Waals surface area contributed by atoms with E-state index in [0.29, 0.717) is 0 Å². The largest absolute Gasteiger partial charge is 0.496 e. The maximum atomic E-state index is 9.63. The molecule has 0 atom stereocenters. The van der Waals surface area contributed by atoms with E-state index in [0.717, 1.165) is 28.3 Å². The Morgan fingerprint density at radius 2 is 1.95 bits per heavy atom. The standard InChI is InChI=1S/C15H14N2O2/c1-19-13-7-3-2-6-11(13)15-12(10-18)17-9-5-4-8-14(17)16-15/h2-9,18H,10H2,1H3. The zero-order chi connectivity index (χ0) is 13.2. The van der Waals surface area contributed by atoms with Crippen LogP contribution in [0.2, 0.25) is 0 Å². The lowest BCUT2D eigenvalue weighted by Crippen LogP contribution is -1.95. The van der Waals surface area contributed by atoms with Crippen molar-refractivity contribution in [3.63, 3.8) is 0 Å². The Bertz CT molecular complexity index is 719. The van der Waals surface area contributed by atoms with Crippen molar-refractivity contribution in [1.82, 2.24) is 9.38 Å². The first-order valence-corrected chi connectivity index (χ1v) is 6.05. The van der Waals surface area contributed by atoms with Crippen LogP contribution in [0.1, 0.15) is 5.69 Å². The minimum absolute atomic E-state index is 0.0709. The molecule has 3 rings (SSSR count). The van der Waals surface area contributed by atoms with Crippen LogP contribution in [0, 0.1) is 0 Å². The van der Waals surface area contributed by atoms with Crippen molar-refractivity contribution < 1.29 is 9.84 Å². The molecular weight excluding hydrogens is 240 g/mol.